The van der Waals surface area contributed by atoms with Crippen LogP contribution in [0, 0.1) is 10.1 Å². The molecule has 0 unspecified atom stereocenters. The van der Waals surface area contributed by atoms with Gasteiger partial charge in [0.15, 0.2) is 4.80 Å². The van der Waals surface area contributed by atoms with Crippen LogP contribution in [-0.2, 0) is 4.79 Å². The molecular weight excluding hydrogens is 576 g/mol. The van der Waals surface area contributed by atoms with Gasteiger partial charge in [-0.1, -0.05) is 29.5 Å². The molecule has 1 aliphatic rings. The number of allylic oxidation sites excluding steroid dienone is 1. The summed E-state index contributed by atoms with van der Waals surface area (Å²) in [5.74, 6) is 0.0323. The summed E-state index contributed by atoms with van der Waals surface area (Å²) in [5.41, 5.74) is 0.853. The van der Waals surface area contributed by atoms with E-state index in [0.717, 1.165) is 11.3 Å². The molecule has 2 heterocycles. The molecule has 1 atom stereocenters. The summed E-state index contributed by atoms with van der Waals surface area (Å²) in [6, 6.07) is 8.74. The van der Waals surface area contributed by atoms with Crippen LogP contribution in [0.1, 0.15) is 37.9 Å². The van der Waals surface area contributed by atoms with Crippen molar-refractivity contribution >= 4 is 44.9 Å². The molecular formula is C26H25BrN4O6S. The first kappa shape index (κ1) is 27.3. The second kappa shape index (κ2) is 10.9. The first-order valence-electron chi connectivity index (χ1n) is 11.7. The zero-order chi connectivity index (χ0) is 27.7. The third-order valence-electron chi connectivity index (χ3n) is 6.31. The lowest BCUT2D eigenvalue weighted by molar-refractivity contribution is -0.385. The minimum atomic E-state index is -0.817. The average molecular weight is 601 g/mol. The van der Waals surface area contributed by atoms with Gasteiger partial charge in [0.25, 0.3) is 17.2 Å². The van der Waals surface area contributed by atoms with Crippen molar-refractivity contribution in [3.63, 3.8) is 0 Å². The summed E-state index contributed by atoms with van der Waals surface area (Å²) >= 11 is 4.20. The van der Waals surface area contributed by atoms with Gasteiger partial charge >= 0.3 is 0 Å². The number of phenolic OH excluding ortho intramolecular Hbond substituents is 1. The topological polar surface area (TPSA) is 127 Å². The van der Waals surface area contributed by atoms with E-state index in [2.05, 4.69) is 20.9 Å². The minimum absolute atomic E-state index is 0.0975. The maximum atomic E-state index is 13.9. The summed E-state index contributed by atoms with van der Waals surface area (Å²) in [6.07, 6.45) is 1.39. The van der Waals surface area contributed by atoms with Crippen LogP contribution in [0.4, 0.5) is 5.69 Å². The van der Waals surface area contributed by atoms with E-state index in [9.17, 15) is 24.8 Å². The van der Waals surface area contributed by atoms with Crippen LogP contribution < -0.4 is 19.6 Å². The number of methoxy groups -OCH3 is 1. The molecule has 1 N–H and O–H groups in total. The number of non-ortho nitro benzene ring substituents is 1. The van der Waals surface area contributed by atoms with Crippen LogP contribution in [0.25, 0.3) is 6.08 Å². The fourth-order valence-corrected chi connectivity index (χ4v) is 5.93. The van der Waals surface area contributed by atoms with E-state index in [1.165, 1.54) is 29.9 Å². The smallest absolute Gasteiger partial charge is 0.271 e. The molecule has 0 saturated heterocycles. The Kier molecular flexibility index (Phi) is 7.83. The maximum Gasteiger partial charge on any atom is 0.271 e. The molecule has 0 spiro atoms. The van der Waals surface area contributed by atoms with Crippen molar-refractivity contribution in [2.24, 2.45) is 4.99 Å². The van der Waals surface area contributed by atoms with Crippen molar-refractivity contribution in [2.75, 3.05) is 20.2 Å². The number of nitro benzene ring substituents is 1. The Hall–Kier alpha value is -3.77. The molecule has 12 heteroatoms. The highest BCUT2D eigenvalue weighted by Gasteiger charge is 2.35. The Bertz CT molecular complexity index is 1650. The lowest BCUT2D eigenvalue weighted by atomic mass is 9.94. The van der Waals surface area contributed by atoms with Gasteiger partial charge in [0, 0.05) is 36.3 Å². The molecule has 0 bridgehead atoms. The van der Waals surface area contributed by atoms with E-state index in [4.69, 9.17) is 4.74 Å². The number of likely N-dealkylation sites (N-methyl/N-ethyl adjacent to an activating group) is 1. The van der Waals surface area contributed by atoms with E-state index >= 15 is 0 Å². The maximum absolute atomic E-state index is 13.9. The molecule has 2 aromatic carbocycles. The molecule has 198 valence electrons. The number of thiazole rings is 1. The summed E-state index contributed by atoms with van der Waals surface area (Å²) < 4.78 is 7.36. The van der Waals surface area contributed by atoms with E-state index in [1.807, 2.05) is 13.8 Å². The number of rotatable bonds is 7. The van der Waals surface area contributed by atoms with E-state index in [-0.39, 0.29) is 31.9 Å². The Labute approximate surface area is 230 Å². The number of hydrogen-bond donors (Lipinski definition) is 1. The standard InChI is InChI=1S/C26H25BrN4O6S/c1-5-29(6-2)25(34)21-14(3)28-26-30(22(21)17-9-7-8-10-19(17)37-4)24(33)20(38-26)12-15-11-16(31(35)36)13-18(27)23(15)32/h7-13,22,32H,5-6H2,1-4H3/b20-12+/t22-/m0/s1. The number of carbonyl (C=O) groups is 1. The summed E-state index contributed by atoms with van der Waals surface area (Å²) in [5, 5.41) is 21.9. The highest BCUT2D eigenvalue weighted by molar-refractivity contribution is 9.10. The summed E-state index contributed by atoms with van der Waals surface area (Å²) in [4.78, 5) is 45.0. The molecule has 0 saturated carbocycles. The van der Waals surface area contributed by atoms with Crippen molar-refractivity contribution < 1.29 is 19.6 Å². The Morgan fingerprint density at radius 3 is 2.63 bits per heavy atom. The highest BCUT2D eigenvalue weighted by atomic mass is 79.9. The monoisotopic (exact) mass is 600 g/mol. The fourth-order valence-electron chi connectivity index (χ4n) is 4.42. The lowest BCUT2D eigenvalue weighted by Gasteiger charge is -2.29. The molecule has 1 amide bonds. The van der Waals surface area contributed by atoms with Gasteiger partial charge in [-0.25, -0.2) is 4.99 Å². The number of carbonyl (C=O) groups excluding carboxylic acids is 1. The van der Waals surface area contributed by atoms with Crippen LogP contribution >= 0.6 is 27.3 Å². The first-order valence-corrected chi connectivity index (χ1v) is 13.3. The molecule has 0 fully saturated rings. The zero-order valence-corrected chi connectivity index (χ0v) is 23.5. The van der Waals surface area contributed by atoms with Crippen molar-refractivity contribution in [3.05, 3.63) is 93.1 Å². The molecule has 1 aromatic heterocycles. The number of hydrogen-bond acceptors (Lipinski definition) is 8. The third kappa shape index (κ3) is 4.76. The van der Waals surface area contributed by atoms with E-state index in [0.29, 0.717) is 40.5 Å². The molecule has 3 aromatic rings. The first-order chi connectivity index (χ1) is 18.1. The van der Waals surface area contributed by atoms with Crippen molar-refractivity contribution in [1.82, 2.24) is 9.47 Å². The quantitative estimate of drug-likeness (QED) is 0.327. The average Bonchev–Trinajstić information content (AvgIpc) is 3.20. The van der Waals surface area contributed by atoms with Gasteiger partial charge in [0.05, 0.1) is 32.3 Å². The van der Waals surface area contributed by atoms with Crippen molar-refractivity contribution in [3.8, 4) is 11.5 Å². The largest absolute Gasteiger partial charge is 0.506 e. The number of nitrogens with zero attached hydrogens (tertiary/aromatic N) is 4. The zero-order valence-electron chi connectivity index (χ0n) is 21.1. The number of nitro groups is 1. The summed E-state index contributed by atoms with van der Waals surface area (Å²) in [7, 11) is 1.52. The van der Waals surface area contributed by atoms with Gasteiger partial charge in [-0.15, -0.1) is 0 Å². The predicted octanol–water partition coefficient (Wildman–Crippen LogP) is 3.49. The minimum Gasteiger partial charge on any atom is -0.506 e. The number of halogens is 1. The van der Waals surface area contributed by atoms with Crippen LogP contribution in [0.2, 0.25) is 0 Å². The second-order valence-electron chi connectivity index (χ2n) is 8.42. The van der Waals surface area contributed by atoms with Gasteiger partial charge in [-0.3, -0.25) is 24.3 Å². The Morgan fingerprint density at radius 2 is 2.00 bits per heavy atom. The normalized spacial score (nSPS) is 15.2. The van der Waals surface area contributed by atoms with Gasteiger partial charge < -0.3 is 14.7 Å². The van der Waals surface area contributed by atoms with Gasteiger partial charge in [0.2, 0.25) is 0 Å². The van der Waals surface area contributed by atoms with E-state index < -0.39 is 16.5 Å². The lowest BCUT2D eigenvalue weighted by Crippen LogP contribution is -2.43. The Morgan fingerprint density at radius 1 is 1.32 bits per heavy atom. The molecule has 1 aliphatic heterocycles. The molecule has 0 radical (unpaired) electrons. The number of phenols is 1. The molecule has 10 nitrogen and oxygen atoms in total. The third-order valence-corrected chi connectivity index (χ3v) is 7.90. The van der Waals surface area contributed by atoms with Gasteiger partial charge in [0.1, 0.15) is 17.5 Å². The molecule has 4 rings (SSSR count). The molecule has 0 aliphatic carbocycles. The predicted molar refractivity (Wildman–Crippen MR) is 147 cm³/mol. The molecule has 38 heavy (non-hydrogen) atoms. The SMILES string of the molecule is CCN(CC)C(=O)C1=C(C)N=c2s/c(=C/c3cc([N+](=O)[O-])cc(Br)c3O)c(=O)n2[C@H]1c1ccccc1OC. The summed E-state index contributed by atoms with van der Waals surface area (Å²) in [6.45, 7) is 6.47. The Balaban J connectivity index is 2.02. The van der Waals surface area contributed by atoms with Gasteiger partial charge in [-0.2, -0.15) is 0 Å². The number of para-hydroxylation sites is 1. The van der Waals surface area contributed by atoms with Crippen LogP contribution in [0.15, 0.2) is 61.9 Å². The van der Waals surface area contributed by atoms with Crippen LogP contribution in [-0.4, -0.2) is 45.6 Å². The van der Waals surface area contributed by atoms with Crippen LogP contribution in [0.3, 0.4) is 0 Å². The fraction of sp³-hybridized carbons (Fsp3) is 0.269. The van der Waals surface area contributed by atoms with Crippen molar-refractivity contribution in [1.29, 1.82) is 0 Å². The van der Waals surface area contributed by atoms with Crippen molar-refractivity contribution in [2.45, 2.75) is 26.8 Å². The number of amides is 1. The second-order valence-corrected chi connectivity index (χ2v) is 10.3. The van der Waals surface area contributed by atoms with E-state index in [1.54, 1.807) is 36.1 Å². The number of benzene rings is 2. The highest BCUT2D eigenvalue weighted by Crippen LogP contribution is 2.36. The number of ether oxygens (including phenoxy) is 1. The van der Waals surface area contributed by atoms with Gasteiger partial charge in [-0.05, 0) is 48.8 Å². The number of aromatic nitrogens is 1. The number of fused-ring (bicyclic) bond motifs is 1. The number of aromatic hydroxyl groups is 1. The van der Waals surface area contributed by atoms with Crippen LogP contribution in [0.5, 0.6) is 11.5 Å².